The fourth-order valence-electron chi connectivity index (χ4n) is 3.46. The molecule has 1 aromatic heterocycles. The minimum atomic E-state index is -3.71. The molecule has 0 aliphatic heterocycles. The number of benzene rings is 3. The Kier molecular flexibility index (Phi) is 8.36. The molecular formula is C26H21ClN2O8S. The molecule has 0 aliphatic carbocycles. The maximum atomic E-state index is 11.2. The molecule has 3 aromatic carbocycles. The summed E-state index contributed by atoms with van der Waals surface area (Å²) in [5.74, 6) is -3.32. The van der Waals surface area contributed by atoms with Crippen molar-refractivity contribution in [1.82, 2.24) is 4.57 Å². The van der Waals surface area contributed by atoms with E-state index in [0.717, 1.165) is 0 Å². The van der Waals surface area contributed by atoms with Crippen LogP contribution in [0.1, 0.15) is 36.6 Å². The Morgan fingerprint density at radius 2 is 1.32 bits per heavy atom. The fourth-order valence-corrected chi connectivity index (χ4v) is 4.10. The monoisotopic (exact) mass is 556 g/mol. The first-order valence-corrected chi connectivity index (χ1v) is 12.6. The molecule has 10 nitrogen and oxygen atoms in total. The Hall–Kier alpha value is -4.45. The van der Waals surface area contributed by atoms with E-state index in [1.807, 2.05) is 0 Å². The lowest BCUT2D eigenvalue weighted by Crippen LogP contribution is -2.11. The lowest BCUT2D eigenvalue weighted by atomic mass is 9.95. The summed E-state index contributed by atoms with van der Waals surface area (Å²) < 4.78 is 23.7. The van der Waals surface area contributed by atoms with Crippen LogP contribution in [0.4, 0.5) is 0 Å². The van der Waals surface area contributed by atoms with Gasteiger partial charge in [0.05, 0.1) is 21.6 Å². The van der Waals surface area contributed by atoms with E-state index < -0.39 is 27.9 Å². The molecule has 12 heteroatoms. The SMILES string of the molecule is Cc1c(C(=O)O)cc(-c2ccc(Cl)cc2)cc1C(=O)O.NS(=O)(=O)c1ccc(-n2ccc(C(=O)O)c2)cc1. The van der Waals surface area contributed by atoms with Gasteiger partial charge in [-0.2, -0.15) is 0 Å². The molecule has 38 heavy (non-hydrogen) atoms. The number of carboxylic acids is 3. The van der Waals surface area contributed by atoms with Gasteiger partial charge in [0.2, 0.25) is 10.0 Å². The van der Waals surface area contributed by atoms with Crippen molar-refractivity contribution in [2.45, 2.75) is 11.8 Å². The zero-order chi connectivity index (χ0) is 28.2. The van der Waals surface area contributed by atoms with Gasteiger partial charge in [0.15, 0.2) is 0 Å². The van der Waals surface area contributed by atoms with E-state index in [1.54, 1.807) is 47.2 Å². The number of nitrogens with zero attached hydrogens (tertiary/aromatic N) is 1. The molecule has 0 unspecified atom stereocenters. The van der Waals surface area contributed by atoms with Gasteiger partial charge in [-0.25, -0.2) is 27.9 Å². The van der Waals surface area contributed by atoms with E-state index in [2.05, 4.69) is 0 Å². The summed E-state index contributed by atoms with van der Waals surface area (Å²) in [6, 6.07) is 17.0. The fraction of sp³-hybridized carbons (Fsp3) is 0.0385. The summed E-state index contributed by atoms with van der Waals surface area (Å²) in [4.78, 5) is 33.2. The van der Waals surface area contributed by atoms with Crippen LogP contribution >= 0.6 is 11.6 Å². The number of aromatic nitrogens is 1. The van der Waals surface area contributed by atoms with Crippen LogP contribution in [-0.4, -0.2) is 46.2 Å². The van der Waals surface area contributed by atoms with E-state index >= 15 is 0 Å². The minimum absolute atomic E-state index is 0.0110. The lowest BCUT2D eigenvalue weighted by Gasteiger charge is -2.10. The van der Waals surface area contributed by atoms with E-state index in [0.29, 0.717) is 21.8 Å². The lowest BCUT2D eigenvalue weighted by molar-refractivity contribution is 0.0681. The van der Waals surface area contributed by atoms with Gasteiger partial charge in [-0.3, -0.25) is 0 Å². The van der Waals surface area contributed by atoms with Crippen molar-refractivity contribution in [2.24, 2.45) is 5.14 Å². The molecule has 4 aromatic rings. The number of hydrogen-bond acceptors (Lipinski definition) is 5. The first-order valence-electron chi connectivity index (χ1n) is 10.7. The molecule has 0 spiro atoms. The molecule has 0 saturated carbocycles. The van der Waals surface area contributed by atoms with Crippen LogP contribution in [0.5, 0.6) is 0 Å². The molecule has 0 bridgehead atoms. The van der Waals surface area contributed by atoms with Gasteiger partial charge in [0, 0.05) is 23.1 Å². The first kappa shape index (κ1) is 28.1. The van der Waals surface area contributed by atoms with Crippen molar-refractivity contribution in [3.8, 4) is 16.8 Å². The van der Waals surface area contributed by atoms with Crippen molar-refractivity contribution < 1.29 is 38.1 Å². The minimum Gasteiger partial charge on any atom is -0.478 e. The van der Waals surface area contributed by atoms with Crippen molar-refractivity contribution in [3.05, 3.63) is 106 Å². The number of nitrogens with two attached hydrogens (primary N) is 1. The molecule has 0 atom stereocenters. The van der Waals surface area contributed by atoms with Crippen LogP contribution < -0.4 is 5.14 Å². The Labute approximate surface area is 222 Å². The summed E-state index contributed by atoms with van der Waals surface area (Å²) in [7, 11) is -3.71. The summed E-state index contributed by atoms with van der Waals surface area (Å²) in [5.41, 5.74) is 2.24. The van der Waals surface area contributed by atoms with Crippen LogP contribution in [0.15, 0.2) is 84.0 Å². The number of rotatable bonds is 6. The first-order chi connectivity index (χ1) is 17.8. The molecule has 0 saturated heterocycles. The average Bonchev–Trinajstić information content (AvgIpc) is 3.35. The highest BCUT2D eigenvalue weighted by Gasteiger charge is 2.17. The summed E-state index contributed by atoms with van der Waals surface area (Å²) in [5, 5.41) is 32.7. The van der Waals surface area contributed by atoms with E-state index in [-0.39, 0.29) is 27.1 Å². The highest BCUT2D eigenvalue weighted by atomic mass is 35.5. The van der Waals surface area contributed by atoms with Gasteiger partial charge < -0.3 is 19.9 Å². The number of aromatic carboxylic acids is 3. The third-order valence-electron chi connectivity index (χ3n) is 5.45. The Morgan fingerprint density at radius 3 is 1.74 bits per heavy atom. The third kappa shape index (κ3) is 6.65. The van der Waals surface area contributed by atoms with Crippen LogP contribution in [0.25, 0.3) is 16.8 Å². The largest absolute Gasteiger partial charge is 0.478 e. The highest BCUT2D eigenvalue weighted by molar-refractivity contribution is 7.89. The molecule has 0 radical (unpaired) electrons. The van der Waals surface area contributed by atoms with Gasteiger partial charge >= 0.3 is 17.9 Å². The van der Waals surface area contributed by atoms with Crippen LogP contribution in [0.2, 0.25) is 5.02 Å². The smallest absolute Gasteiger partial charge is 0.337 e. The maximum Gasteiger partial charge on any atom is 0.337 e. The Balaban J connectivity index is 0.000000212. The molecule has 0 fully saturated rings. The zero-order valence-corrected chi connectivity index (χ0v) is 21.3. The molecular weight excluding hydrogens is 536 g/mol. The molecule has 0 amide bonds. The number of carboxylic acid groups (broad SMARTS) is 3. The van der Waals surface area contributed by atoms with Crippen LogP contribution in [-0.2, 0) is 10.0 Å². The van der Waals surface area contributed by atoms with E-state index in [1.165, 1.54) is 43.5 Å². The normalized spacial score (nSPS) is 10.8. The van der Waals surface area contributed by atoms with Crippen LogP contribution in [0, 0.1) is 6.92 Å². The highest BCUT2D eigenvalue weighted by Crippen LogP contribution is 2.27. The molecule has 0 aliphatic rings. The van der Waals surface area contributed by atoms with Gasteiger partial charge in [-0.05, 0) is 78.2 Å². The molecule has 196 valence electrons. The van der Waals surface area contributed by atoms with Crippen molar-refractivity contribution in [3.63, 3.8) is 0 Å². The topological polar surface area (TPSA) is 177 Å². The Morgan fingerprint density at radius 1 is 0.789 bits per heavy atom. The number of sulfonamides is 1. The second-order valence-electron chi connectivity index (χ2n) is 7.97. The van der Waals surface area contributed by atoms with Gasteiger partial charge in [-0.1, -0.05) is 23.7 Å². The Bertz CT molecular complexity index is 1590. The predicted molar refractivity (Wildman–Crippen MR) is 140 cm³/mol. The van der Waals surface area contributed by atoms with Gasteiger partial charge in [0.25, 0.3) is 0 Å². The van der Waals surface area contributed by atoms with Crippen molar-refractivity contribution in [2.75, 3.05) is 0 Å². The van der Waals surface area contributed by atoms with Gasteiger partial charge in [0.1, 0.15) is 0 Å². The number of halogens is 1. The summed E-state index contributed by atoms with van der Waals surface area (Å²) >= 11 is 5.80. The number of carbonyl (C=O) groups is 3. The van der Waals surface area contributed by atoms with E-state index in [4.69, 9.17) is 21.8 Å². The molecule has 1 heterocycles. The summed E-state index contributed by atoms with van der Waals surface area (Å²) in [6.07, 6.45) is 3.02. The molecule has 4 rings (SSSR count). The number of hydrogen-bond donors (Lipinski definition) is 4. The second-order valence-corrected chi connectivity index (χ2v) is 9.96. The van der Waals surface area contributed by atoms with Crippen molar-refractivity contribution >= 4 is 39.5 Å². The van der Waals surface area contributed by atoms with Gasteiger partial charge in [-0.15, -0.1) is 0 Å². The van der Waals surface area contributed by atoms with E-state index in [9.17, 15) is 33.0 Å². The quantitative estimate of drug-likeness (QED) is 0.267. The van der Waals surface area contributed by atoms with Crippen LogP contribution in [0.3, 0.4) is 0 Å². The summed E-state index contributed by atoms with van der Waals surface area (Å²) in [6.45, 7) is 1.48. The standard InChI is InChI=1S/C15H11ClO4.C11H10N2O4S/c1-8-12(14(17)18)6-10(7-13(8)15(19)20)9-2-4-11(16)5-3-9;12-18(16,17)10-3-1-9(2-4-10)13-6-5-8(7-13)11(14)15/h2-7H,1H3,(H,17,18)(H,19,20);1-7H,(H,14,15)(H2,12,16,17). The second kappa shape index (κ2) is 11.3. The average molecular weight is 557 g/mol. The maximum absolute atomic E-state index is 11.2. The zero-order valence-electron chi connectivity index (χ0n) is 19.7. The molecule has 5 N–H and O–H groups in total. The third-order valence-corrected chi connectivity index (χ3v) is 6.63. The number of primary sulfonamides is 1. The van der Waals surface area contributed by atoms with Crippen molar-refractivity contribution in [1.29, 1.82) is 0 Å². The predicted octanol–water partition coefficient (Wildman–Crippen LogP) is 4.53.